The zero-order valence-electron chi connectivity index (χ0n) is 12.6. The minimum atomic E-state index is -0.293. The first-order valence-corrected chi connectivity index (χ1v) is 7.40. The van der Waals surface area contributed by atoms with Crippen LogP contribution < -0.4 is 14.8 Å². The number of amides is 1. The van der Waals surface area contributed by atoms with Crippen LogP contribution in [0.2, 0.25) is 5.02 Å². The minimum Gasteiger partial charge on any atom is -0.495 e. The summed E-state index contributed by atoms with van der Waals surface area (Å²) in [6.07, 6.45) is 0.857. The van der Waals surface area contributed by atoms with Gasteiger partial charge in [-0.1, -0.05) is 30.7 Å². The van der Waals surface area contributed by atoms with Crippen LogP contribution in [-0.2, 0) is 0 Å². The summed E-state index contributed by atoms with van der Waals surface area (Å²) in [6, 6.07) is 12.2. The van der Waals surface area contributed by atoms with Crippen LogP contribution in [0.15, 0.2) is 42.5 Å². The number of hydrogen-bond donors (Lipinski definition) is 1. The molecule has 0 heterocycles. The van der Waals surface area contributed by atoms with Gasteiger partial charge in [-0.3, -0.25) is 4.79 Å². The Morgan fingerprint density at radius 1 is 1.18 bits per heavy atom. The Balaban J connectivity index is 2.26. The van der Waals surface area contributed by atoms with Gasteiger partial charge in [-0.05, 0) is 36.8 Å². The third kappa shape index (κ3) is 3.92. The molecule has 0 fully saturated rings. The highest BCUT2D eigenvalue weighted by atomic mass is 35.5. The lowest BCUT2D eigenvalue weighted by molar-refractivity contribution is 0.102. The maximum atomic E-state index is 12.5. The van der Waals surface area contributed by atoms with Gasteiger partial charge in [-0.15, -0.1) is 0 Å². The molecular formula is C17H18ClNO3. The number of hydrogen-bond acceptors (Lipinski definition) is 3. The average molecular weight is 320 g/mol. The van der Waals surface area contributed by atoms with E-state index in [4.69, 9.17) is 21.1 Å². The molecule has 2 aromatic rings. The molecular weight excluding hydrogens is 302 g/mol. The van der Waals surface area contributed by atoms with Crippen molar-refractivity contribution in [3.8, 4) is 11.5 Å². The van der Waals surface area contributed by atoms with E-state index >= 15 is 0 Å². The molecule has 0 radical (unpaired) electrons. The normalized spacial score (nSPS) is 10.1. The van der Waals surface area contributed by atoms with Crippen LogP contribution in [0.3, 0.4) is 0 Å². The van der Waals surface area contributed by atoms with E-state index in [0.717, 1.165) is 6.42 Å². The summed E-state index contributed by atoms with van der Waals surface area (Å²) in [4.78, 5) is 12.5. The molecule has 1 amide bonds. The lowest BCUT2D eigenvalue weighted by atomic mass is 10.1. The van der Waals surface area contributed by atoms with Gasteiger partial charge in [0, 0.05) is 5.02 Å². The van der Waals surface area contributed by atoms with Gasteiger partial charge in [0.2, 0.25) is 0 Å². The highest BCUT2D eigenvalue weighted by Crippen LogP contribution is 2.27. The molecule has 0 atom stereocenters. The molecule has 0 saturated carbocycles. The zero-order chi connectivity index (χ0) is 15.9. The number of methoxy groups -OCH3 is 1. The smallest absolute Gasteiger partial charge is 0.259 e. The van der Waals surface area contributed by atoms with Gasteiger partial charge >= 0.3 is 0 Å². The van der Waals surface area contributed by atoms with Crippen LogP contribution in [0.5, 0.6) is 11.5 Å². The summed E-state index contributed by atoms with van der Waals surface area (Å²) in [5, 5.41) is 3.30. The van der Waals surface area contributed by atoms with Gasteiger partial charge in [-0.2, -0.15) is 0 Å². The summed E-state index contributed by atoms with van der Waals surface area (Å²) in [7, 11) is 1.56. The molecule has 4 nitrogen and oxygen atoms in total. The van der Waals surface area contributed by atoms with Gasteiger partial charge in [0.1, 0.15) is 11.5 Å². The molecule has 5 heteroatoms. The van der Waals surface area contributed by atoms with Crippen molar-refractivity contribution in [3.63, 3.8) is 0 Å². The third-order valence-corrected chi connectivity index (χ3v) is 3.24. The van der Waals surface area contributed by atoms with Crippen molar-refractivity contribution >= 4 is 23.2 Å². The Kier molecular flexibility index (Phi) is 5.67. The van der Waals surface area contributed by atoms with Gasteiger partial charge in [0.25, 0.3) is 5.91 Å². The number of halogens is 1. The van der Waals surface area contributed by atoms with E-state index in [1.807, 2.05) is 19.1 Å². The first kappa shape index (κ1) is 16.2. The Morgan fingerprint density at radius 3 is 2.68 bits per heavy atom. The van der Waals surface area contributed by atoms with Gasteiger partial charge < -0.3 is 14.8 Å². The quantitative estimate of drug-likeness (QED) is 0.859. The predicted molar refractivity (Wildman–Crippen MR) is 88.2 cm³/mol. The summed E-state index contributed by atoms with van der Waals surface area (Å²) < 4.78 is 10.8. The largest absolute Gasteiger partial charge is 0.495 e. The van der Waals surface area contributed by atoms with E-state index in [2.05, 4.69) is 5.32 Å². The van der Waals surface area contributed by atoms with E-state index in [0.29, 0.717) is 34.4 Å². The summed E-state index contributed by atoms with van der Waals surface area (Å²) in [5.41, 5.74) is 0.989. The highest BCUT2D eigenvalue weighted by Gasteiger charge is 2.15. The van der Waals surface area contributed by atoms with Crippen LogP contribution in [0.4, 0.5) is 5.69 Å². The number of ether oxygens (including phenoxy) is 2. The molecule has 2 aromatic carbocycles. The second kappa shape index (κ2) is 7.71. The molecule has 0 saturated heterocycles. The van der Waals surface area contributed by atoms with Crippen molar-refractivity contribution in [2.24, 2.45) is 0 Å². The van der Waals surface area contributed by atoms with Crippen LogP contribution in [0.25, 0.3) is 0 Å². The molecule has 2 rings (SSSR count). The van der Waals surface area contributed by atoms with Gasteiger partial charge in [0.15, 0.2) is 0 Å². The lowest BCUT2D eigenvalue weighted by Crippen LogP contribution is -2.14. The van der Waals surface area contributed by atoms with Crippen molar-refractivity contribution in [2.45, 2.75) is 13.3 Å². The maximum absolute atomic E-state index is 12.5. The Bertz CT molecular complexity index is 658. The molecule has 0 aliphatic carbocycles. The van der Waals surface area contributed by atoms with Crippen LogP contribution >= 0.6 is 11.6 Å². The molecule has 116 valence electrons. The van der Waals surface area contributed by atoms with E-state index < -0.39 is 0 Å². The van der Waals surface area contributed by atoms with Crippen molar-refractivity contribution in [2.75, 3.05) is 19.0 Å². The first-order chi connectivity index (χ1) is 10.7. The predicted octanol–water partition coefficient (Wildman–Crippen LogP) is 4.39. The number of carbonyl (C=O) groups excluding carboxylic acids is 1. The SMILES string of the molecule is CCCOc1ccc(Cl)cc1C(=O)Nc1ccccc1OC. The number of anilines is 1. The highest BCUT2D eigenvalue weighted by molar-refractivity contribution is 6.31. The number of carbonyl (C=O) groups is 1. The third-order valence-electron chi connectivity index (χ3n) is 3.00. The van der Waals surface area contributed by atoms with Crippen molar-refractivity contribution in [1.29, 1.82) is 0 Å². The van der Waals surface area contributed by atoms with E-state index in [-0.39, 0.29) is 5.91 Å². The second-order valence-corrected chi connectivity index (χ2v) is 5.08. The Morgan fingerprint density at radius 2 is 1.95 bits per heavy atom. The van der Waals surface area contributed by atoms with E-state index in [9.17, 15) is 4.79 Å². The number of rotatable bonds is 6. The lowest BCUT2D eigenvalue weighted by Gasteiger charge is -2.13. The fraction of sp³-hybridized carbons (Fsp3) is 0.235. The maximum Gasteiger partial charge on any atom is 0.259 e. The van der Waals surface area contributed by atoms with Crippen molar-refractivity contribution < 1.29 is 14.3 Å². The summed E-state index contributed by atoms with van der Waals surface area (Å²) in [5.74, 6) is 0.811. The average Bonchev–Trinajstić information content (AvgIpc) is 2.54. The molecule has 1 N–H and O–H groups in total. The standard InChI is InChI=1S/C17H18ClNO3/c1-3-10-22-15-9-8-12(18)11-13(15)17(20)19-14-6-4-5-7-16(14)21-2/h4-9,11H,3,10H2,1-2H3,(H,19,20). The molecule has 0 bridgehead atoms. The van der Waals surface area contributed by atoms with Gasteiger partial charge in [-0.25, -0.2) is 0 Å². The molecule has 0 aliphatic rings. The van der Waals surface area contributed by atoms with E-state index in [1.54, 1.807) is 37.4 Å². The number of nitrogens with one attached hydrogen (secondary N) is 1. The fourth-order valence-corrected chi connectivity index (χ4v) is 2.13. The monoisotopic (exact) mass is 319 g/mol. The van der Waals surface area contributed by atoms with Crippen LogP contribution in [0, 0.1) is 0 Å². The molecule has 0 spiro atoms. The molecule has 0 unspecified atom stereocenters. The van der Waals surface area contributed by atoms with Crippen LogP contribution in [0.1, 0.15) is 23.7 Å². The van der Waals surface area contributed by atoms with Crippen molar-refractivity contribution in [3.05, 3.63) is 53.1 Å². The fourth-order valence-electron chi connectivity index (χ4n) is 1.96. The number of benzene rings is 2. The minimum absolute atomic E-state index is 0.293. The number of para-hydroxylation sites is 2. The first-order valence-electron chi connectivity index (χ1n) is 7.02. The van der Waals surface area contributed by atoms with E-state index in [1.165, 1.54) is 0 Å². The second-order valence-electron chi connectivity index (χ2n) is 4.64. The van der Waals surface area contributed by atoms with Crippen molar-refractivity contribution in [1.82, 2.24) is 0 Å². The Labute approximate surface area is 135 Å². The topological polar surface area (TPSA) is 47.6 Å². The zero-order valence-corrected chi connectivity index (χ0v) is 13.3. The molecule has 0 aromatic heterocycles. The molecule has 22 heavy (non-hydrogen) atoms. The molecule has 0 aliphatic heterocycles. The van der Waals surface area contributed by atoms with Crippen LogP contribution in [-0.4, -0.2) is 19.6 Å². The van der Waals surface area contributed by atoms with Gasteiger partial charge in [0.05, 0.1) is 25.0 Å². The summed E-state index contributed by atoms with van der Waals surface area (Å²) >= 11 is 6.00. The summed E-state index contributed by atoms with van der Waals surface area (Å²) in [6.45, 7) is 2.54. The Hall–Kier alpha value is -2.20.